The van der Waals surface area contributed by atoms with Crippen molar-refractivity contribution in [3.63, 3.8) is 0 Å². The number of hydrogen-bond acceptors (Lipinski definition) is 5. The molecule has 1 amide bonds. The lowest BCUT2D eigenvalue weighted by atomic mass is 10.0. The minimum atomic E-state index is -1.26. The van der Waals surface area contributed by atoms with Crippen LogP contribution in [-0.2, 0) is 19.1 Å². The zero-order valence-corrected chi connectivity index (χ0v) is 14.0. The summed E-state index contributed by atoms with van der Waals surface area (Å²) in [5.74, 6) is -2.73. The molecule has 0 aromatic carbocycles. The molecule has 2 atom stereocenters. The number of hydrogen-bond donors (Lipinski definition) is 1. The SMILES string of the molecule is CC(C)(C)OC(=O)[C@H]1CCN(C(=O)OC(C)(C)C)[C@@H]1C(=O)O. The Labute approximate surface area is 130 Å². The smallest absolute Gasteiger partial charge is 0.411 e. The Hall–Kier alpha value is -1.79. The van der Waals surface area contributed by atoms with Gasteiger partial charge in [0, 0.05) is 6.54 Å². The van der Waals surface area contributed by atoms with Crippen LogP contribution in [0.5, 0.6) is 0 Å². The van der Waals surface area contributed by atoms with E-state index in [0.717, 1.165) is 4.90 Å². The molecular formula is C15H25NO6. The molecule has 0 aromatic rings. The van der Waals surface area contributed by atoms with Crippen LogP contribution in [0.1, 0.15) is 48.0 Å². The van der Waals surface area contributed by atoms with E-state index in [9.17, 15) is 19.5 Å². The lowest BCUT2D eigenvalue weighted by Crippen LogP contribution is -2.47. The summed E-state index contributed by atoms with van der Waals surface area (Å²) >= 11 is 0. The highest BCUT2D eigenvalue weighted by Crippen LogP contribution is 2.29. The summed E-state index contributed by atoms with van der Waals surface area (Å²) in [5.41, 5.74) is -1.44. The summed E-state index contributed by atoms with van der Waals surface area (Å²) < 4.78 is 10.5. The Kier molecular flexibility index (Phi) is 5.10. The fourth-order valence-electron chi connectivity index (χ4n) is 2.25. The second-order valence-corrected chi connectivity index (χ2v) is 7.39. The Morgan fingerprint density at radius 1 is 1.00 bits per heavy atom. The number of rotatable bonds is 2. The third kappa shape index (κ3) is 4.89. The molecule has 1 rings (SSSR count). The van der Waals surface area contributed by atoms with Crippen molar-refractivity contribution >= 4 is 18.0 Å². The molecule has 7 heteroatoms. The van der Waals surface area contributed by atoms with Gasteiger partial charge in [0.25, 0.3) is 0 Å². The van der Waals surface area contributed by atoms with Crippen molar-refractivity contribution in [3.8, 4) is 0 Å². The summed E-state index contributed by atoms with van der Waals surface area (Å²) in [6, 6.07) is -1.26. The highest BCUT2D eigenvalue weighted by molar-refractivity contribution is 5.88. The van der Waals surface area contributed by atoms with E-state index >= 15 is 0 Å². The molecule has 7 nitrogen and oxygen atoms in total. The van der Waals surface area contributed by atoms with Gasteiger partial charge >= 0.3 is 18.0 Å². The number of likely N-dealkylation sites (tertiary alicyclic amines) is 1. The monoisotopic (exact) mass is 315 g/mol. The first-order valence-electron chi connectivity index (χ1n) is 7.27. The Bertz CT molecular complexity index is 424. The Balaban J connectivity index is 2.90. The van der Waals surface area contributed by atoms with Crippen LogP contribution in [0.4, 0.5) is 4.79 Å². The second-order valence-electron chi connectivity index (χ2n) is 7.39. The van der Waals surface area contributed by atoms with Crippen LogP contribution >= 0.6 is 0 Å². The first-order chi connectivity index (χ1) is 9.82. The molecule has 0 unspecified atom stereocenters. The third-order valence-electron chi connectivity index (χ3n) is 2.99. The van der Waals surface area contributed by atoms with Gasteiger partial charge in [-0.25, -0.2) is 9.59 Å². The summed E-state index contributed by atoms with van der Waals surface area (Å²) in [5, 5.41) is 9.39. The van der Waals surface area contributed by atoms with Crippen LogP contribution in [-0.4, -0.2) is 51.8 Å². The predicted molar refractivity (Wildman–Crippen MR) is 78.3 cm³/mol. The topological polar surface area (TPSA) is 93.1 Å². The molecule has 0 spiro atoms. The van der Waals surface area contributed by atoms with Gasteiger partial charge in [-0.05, 0) is 48.0 Å². The van der Waals surface area contributed by atoms with Crippen molar-refractivity contribution in [3.05, 3.63) is 0 Å². The number of carbonyl (C=O) groups excluding carboxylic acids is 2. The Morgan fingerprint density at radius 2 is 1.50 bits per heavy atom. The van der Waals surface area contributed by atoms with Crippen molar-refractivity contribution in [2.24, 2.45) is 5.92 Å². The maximum Gasteiger partial charge on any atom is 0.411 e. The third-order valence-corrected chi connectivity index (χ3v) is 2.99. The molecule has 0 aliphatic carbocycles. The van der Waals surface area contributed by atoms with E-state index in [-0.39, 0.29) is 13.0 Å². The van der Waals surface area contributed by atoms with Gasteiger partial charge in [-0.2, -0.15) is 0 Å². The number of aliphatic carboxylic acids is 1. The fourth-order valence-corrected chi connectivity index (χ4v) is 2.25. The molecular weight excluding hydrogens is 290 g/mol. The minimum absolute atomic E-state index is 0.149. The minimum Gasteiger partial charge on any atom is -0.480 e. The average Bonchev–Trinajstić information content (AvgIpc) is 2.68. The van der Waals surface area contributed by atoms with Gasteiger partial charge in [-0.3, -0.25) is 9.69 Å². The summed E-state index contributed by atoms with van der Waals surface area (Å²) in [6.07, 6.45) is -0.489. The van der Waals surface area contributed by atoms with E-state index in [2.05, 4.69) is 0 Å². The molecule has 1 N–H and O–H groups in total. The number of carbonyl (C=O) groups is 3. The van der Waals surface area contributed by atoms with Gasteiger partial charge in [0.05, 0.1) is 5.92 Å². The van der Waals surface area contributed by atoms with Gasteiger partial charge in [0.2, 0.25) is 0 Å². The van der Waals surface area contributed by atoms with E-state index < -0.39 is 41.2 Å². The lowest BCUT2D eigenvalue weighted by Gasteiger charge is -2.28. The van der Waals surface area contributed by atoms with Crippen LogP contribution in [0.15, 0.2) is 0 Å². The molecule has 1 fully saturated rings. The van der Waals surface area contributed by atoms with Crippen molar-refractivity contribution in [2.75, 3.05) is 6.54 Å². The number of amides is 1. The lowest BCUT2D eigenvalue weighted by molar-refractivity contribution is -0.164. The van der Waals surface area contributed by atoms with Crippen LogP contribution in [0.25, 0.3) is 0 Å². The standard InChI is InChI=1S/C15H25NO6/c1-14(2,3)21-12(19)9-7-8-16(10(9)11(17)18)13(20)22-15(4,5)6/h9-10H,7-8H2,1-6H3,(H,17,18)/t9-,10-/m0/s1. The van der Waals surface area contributed by atoms with E-state index in [1.165, 1.54) is 0 Å². The number of ether oxygens (including phenoxy) is 2. The number of nitrogens with zero attached hydrogens (tertiary/aromatic N) is 1. The van der Waals surface area contributed by atoms with Gasteiger partial charge in [0.1, 0.15) is 17.2 Å². The van der Waals surface area contributed by atoms with Crippen molar-refractivity contribution < 1.29 is 29.0 Å². The van der Waals surface area contributed by atoms with Crippen molar-refractivity contribution in [2.45, 2.75) is 65.2 Å². The zero-order chi connectivity index (χ0) is 17.3. The highest BCUT2D eigenvalue weighted by atomic mass is 16.6. The number of carboxylic acids is 1. The fraction of sp³-hybridized carbons (Fsp3) is 0.800. The molecule has 0 saturated carbocycles. The van der Waals surface area contributed by atoms with Crippen LogP contribution in [0.2, 0.25) is 0 Å². The predicted octanol–water partition coefficient (Wildman–Crippen LogP) is 2.04. The largest absolute Gasteiger partial charge is 0.480 e. The summed E-state index contributed by atoms with van der Waals surface area (Å²) in [6.45, 7) is 10.4. The molecule has 1 heterocycles. The van der Waals surface area contributed by atoms with Gasteiger partial charge < -0.3 is 14.6 Å². The molecule has 0 radical (unpaired) electrons. The molecule has 0 aromatic heterocycles. The number of esters is 1. The average molecular weight is 315 g/mol. The van der Waals surface area contributed by atoms with E-state index in [1.54, 1.807) is 41.5 Å². The molecule has 22 heavy (non-hydrogen) atoms. The maximum absolute atomic E-state index is 12.2. The highest BCUT2D eigenvalue weighted by Gasteiger charge is 2.48. The second kappa shape index (κ2) is 6.14. The van der Waals surface area contributed by atoms with E-state index in [0.29, 0.717) is 0 Å². The molecule has 1 aliphatic heterocycles. The Morgan fingerprint density at radius 3 is 1.91 bits per heavy atom. The van der Waals surface area contributed by atoms with Crippen LogP contribution < -0.4 is 0 Å². The first-order valence-corrected chi connectivity index (χ1v) is 7.27. The van der Waals surface area contributed by atoms with Gasteiger partial charge in [-0.1, -0.05) is 0 Å². The summed E-state index contributed by atoms with van der Waals surface area (Å²) in [4.78, 5) is 36.9. The van der Waals surface area contributed by atoms with E-state index in [4.69, 9.17) is 9.47 Å². The van der Waals surface area contributed by atoms with Crippen LogP contribution in [0, 0.1) is 5.92 Å². The normalized spacial score (nSPS) is 22.4. The van der Waals surface area contributed by atoms with Crippen molar-refractivity contribution in [1.82, 2.24) is 4.90 Å². The molecule has 0 bridgehead atoms. The molecule has 1 aliphatic rings. The van der Waals surface area contributed by atoms with Crippen LogP contribution in [0.3, 0.4) is 0 Å². The number of carboxylic acid groups (broad SMARTS) is 1. The zero-order valence-electron chi connectivity index (χ0n) is 14.0. The maximum atomic E-state index is 12.2. The van der Waals surface area contributed by atoms with E-state index in [1.807, 2.05) is 0 Å². The quantitative estimate of drug-likeness (QED) is 0.784. The van der Waals surface area contributed by atoms with Crippen molar-refractivity contribution in [1.29, 1.82) is 0 Å². The van der Waals surface area contributed by atoms with Gasteiger partial charge in [-0.15, -0.1) is 0 Å². The first kappa shape index (κ1) is 18.3. The summed E-state index contributed by atoms with van der Waals surface area (Å²) in [7, 11) is 0. The molecule has 1 saturated heterocycles. The molecule has 126 valence electrons. The van der Waals surface area contributed by atoms with Gasteiger partial charge in [0.15, 0.2) is 0 Å².